The van der Waals surface area contributed by atoms with E-state index in [0.717, 1.165) is 12.8 Å². The lowest BCUT2D eigenvalue weighted by Gasteiger charge is -2.24. The number of carbonyl (C=O) groups excluding carboxylic acids is 1. The van der Waals surface area contributed by atoms with Gasteiger partial charge in [-0.3, -0.25) is 0 Å². The van der Waals surface area contributed by atoms with Gasteiger partial charge in [-0.25, -0.2) is 4.79 Å². The minimum atomic E-state index is -2.45. The van der Waals surface area contributed by atoms with E-state index in [1.165, 1.54) is 0 Å². The Morgan fingerprint density at radius 2 is 1.68 bits per heavy atom. The summed E-state index contributed by atoms with van der Waals surface area (Å²) in [5, 5.41) is 5.53. The SMILES string of the molecule is COCCCNC(=O)NCCC[Si](OC)(OC)O[SiH3]. The maximum Gasteiger partial charge on any atom is 0.489 e. The Kier molecular flexibility index (Phi) is 11.1. The molecule has 0 unspecified atom stereocenters. The predicted octanol–water partition coefficient (Wildman–Crippen LogP) is -0.759. The molecule has 2 amide bonds. The third kappa shape index (κ3) is 8.34. The summed E-state index contributed by atoms with van der Waals surface area (Å²) >= 11 is 0. The fourth-order valence-corrected chi connectivity index (χ4v) is 4.88. The van der Waals surface area contributed by atoms with E-state index in [2.05, 4.69) is 10.6 Å². The zero-order valence-electron chi connectivity index (χ0n) is 12.3. The molecule has 0 atom stereocenters. The normalized spacial score (nSPS) is 11.5. The third-order valence-corrected chi connectivity index (χ3v) is 7.39. The first-order valence-corrected chi connectivity index (χ1v) is 9.05. The Hall–Kier alpha value is -0.456. The number of rotatable bonds is 11. The maximum absolute atomic E-state index is 11.4. The molecule has 0 fully saturated rings. The van der Waals surface area contributed by atoms with Gasteiger partial charge in [0.2, 0.25) is 0 Å². The molecule has 7 nitrogen and oxygen atoms in total. The van der Waals surface area contributed by atoms with Crippen LogP contribution in [0.2, 0.25) is 6.04 Å². The molecule has 0 aromatic heterocycles. The van der Waals surface area contributed by atoms with Gasteiger partial charge in [-0.15, -0.1) is 0 Å². The molecule has 0 aromatic carbocycles. The van der Waals surface area contributed by atoms with Gasteiger partial charge < -0.3 is 28.3 Å². The lowest BCUT2D eigenvalue weighted by atomic mass is 10.4. The lowest BCUT2D eigenvalue weighted by molar-refractivity contribution is 0.165. The lowest BCUT2D eigenvalue weighted by Crippen LogP contribution is -2.44. The highest BCUT2D eigenvalue weighted by atomic mass is 28.4. The number of amides is 2. The average Bonchev–Trinajstić information content (AvgIpc) is 2.45. The van der Waals surface area contributed by atoms with Gasteiger partial charge >= 0.3 is 14.8 Å². The second-order valence-corrected chi connectivity index (χ2v) is 8.24. The second-order valence-electron chi connectivity index (χ2n) is 3.93. The monoisotopic (exact) mass is 310 g/mol. The zero-order chi connectivity index (χ0) is 14.6. The fourth-order valence-electron chi connectivity index (χ4n) is 1.54. The van der Waals surface area contributed by atoms with Crippen LogP contribution in [0.5, 0.6) is 0 Å². The van der Waals surface area contributed by atoms with Crippen molar-refractivity contribution in [1.29, 1.82) is 0 Å². The number of hydrogen-bond acceptors (Lipinski definition) is 5. The highest BCUT2D eigenvalue weighted by Crippen LogP contribution is 2.13. The van der Waals surface area contributed by atoms with Crippen molar-refractivity contribution in [2.75, 3.05) is 41.0 Å². The largest absolute Gasteiger partial charge is 0.489 e. The van der Waals surface area contributed by atoms with Crippen molar-refractivity contribution in [3.05, 3.63) is 0 Å². The van der Waals surface area contributed by atoms with E-state index in [1.807, 2.05) is 0 Å². The molecule has 0 aliphatic heterocycles. The minimum absolute atomic E-state index is 0.162. The molecule has 0 saturated heterocycles. The number of nitrogens with one attached hydrogen (secondary N) is 2. The summed E-state index contributed by atoms with van der Waals surface area (Å²) in [6.45, 7) is 1.83. The molecule has 0 bridgehead atoms. The van der Waals surface area contributed by atoms with Gasteiger partial charge in [-0.05, 0) is 12.8 Å². The standard InChI is InChI=1S/C10H26N2O5Si2/c1-14-8-4-6-11-10(13)12-7-5-9-19(15-2,16-3)17-18/h4-9H2,1-3,18H3,(H2,11,12,13). The molecule has 2 N–H and O–H groups in total. The van der Waals surface area contributed by atoms with E-state index < -0.39 is 8.80 Å². The number of carbonyl (C=O) groups is 1. The van der Waals surface area contributed by atoms with Gasteiger partial charge in [0.1, 0.15) is 10.5 Å². The Balaban J connectivity index is 3.64. The number of ether oxygens (including phenoxy) is 1. The molecular formula is C10H26N2O5Si2. The molecule has 0 aromatic rings. The van der Waals surface area contributed by atoms with Crippen molar-refractivity contribution in [3.8, 4) is 0 Å². The van der Waals surface area contributed by atoms with E-state index in [0.29, 0.717) is 36.2 Å². The van der Waals surface area contributed by atoms with Gasteiger partial charge in [-0.2, -0.15) is 0 Å². The summed E-state index contributed by atoms with van der Waals surface area (Å²) in [5.74, 6) is 0. The van der Waals surface area contributed by atoms with Crippen LogP contribution in [-0.4, -0.2) is 66.3 Å². The van der Waals surface area contributed by atoms with Crippen LogP contribution in [0.1, 0.15) is 12.8 Å². The van der Waals surface area contributed by atoms with Crippen molar-refractivity contribution >= 4 is 25.3 Å². The summed E-state index contributed by atoms with van der Waals surface area (Å²) in [6, 6.07) is 0.540. The molecule has 0 radical (unpaired) electrons. The summed E-state index contributed by atoms with van der Waals surface area (Å²) < 4.78 is 21.0. The van der Waals surface area contributed by atoms with Gasteiger partial charge in [0.15, 0.2) is 0 Å². The van der Waals surface area contributed by atoms with E-state index in [1.54, 1.807) is 21.3 Å². The topological polar surface area (TPSA) is 78.1 Å². The van der Waals surface area contributed by atoms with Crippen molar-refractivity contribution in [2.24, 2.45) is 0 Å². The van der Waals surface area contributed by atoms with E-state index >= 15 is 0 Å². The predicted molar refractivity (Wildman–Crippen MR) is 78.1 cm³/mol. The van der Waals surface area contributed by atoms with Crippen LogP contribution >= 0.6 is 0 Å². The quantitative estimate of drug-likeness (QED) is 0.387. The van der Waals surface area contributed by atoms with Crippen molar-refractivity contribution in [3.63, 3.8) is 0 Å². The second kappa shape index (κ2) is 11.4. The first kappa shape index (κ1) is 18.5. The maximum atomic E-state index is 11.4. The average molecular weight is 310 g/mol. The highest BCUT2D eigenvalue weighted by Gasteiger charge is 2.36. The Labute approximate surface area is 119 Å². The van der Waals surface area contributed by atoms with Crippen LogP contribution in [0.25, 0.3) is 0 Å². The molecular weight excluding hydrogens is 284 g/mol. The first-order valence-electron chi connectivity index (χ1n) is 6.30. The third-order valence-electron chi connectivity index (χ3n) is 2.69. The van der Waals surface area contributed by atoms with Crippen LogP contribution in [0.3, 0.4) is 0 Å². The molecule has 0 aliphatic carbocycles. The zero-order valence-corrected chi connectivity index (χ0v) is 15.3. The number of urea groups is 1. The van der Waals surface area contributed by atoms with Gasteiger partial charge in [-0.1, -0.05) is 0 Å². The van der Waals surface area contributed by atoms with Crippen molar-refractivity contribution < 1.29 is 22.5 Å². The van der Waals surface area contributed by atoms with Crippen molar-refractivity contribution in [2.45, 2.75) is 18.9 Å². The summed E-state index contributed by atoms with van der Waals surface area (Å²) in [4.78, 5) is 11.4. The van der Waals surface area contributed by atoms with Crippen LogP contribution in [0.15, 0.2) is 0 Å². The van der Waals surface area contributed by atoms with Crippen LogP contribution < -0.4 is 10.6 Å². The van der Waals surface area contributed by atoms with Crippen LogP contribution in [-0.2, 0) is 17.7 Å². The van der Waals surface area contributed by atoms with Crippen molar-refractivity contribution in [1.82, 2.24) is 10.6 Å². The van der Waals surface area contributed by atoms with E-state index in [-0.39, 0.29) is 6.03 Å². The molecule has 0 saturated carbocycles. The number of hydrogen-bond donors (Lipinski definition) is 2. The molecule has 114 valence electrons. The minimum Gasteiger partial charge on any atom is -0.424 e. The smallest absolute Gasteiger partial charge is 0.424 e. The molecule has 0 heterocycles. The molecule has 9 heteroatoms. The first-order chi connectivity index (χ1) is 9.14. The molecule has 0 aliphatic rings. The van der Waals surface area contributed by atoms with Gasteiger partial charge in [0, 0.05) is 47.1 Å². The Morgan fingerprint density at radius 3 is 2.16 bits per heavy atom. The summed E-state index contributed by atoms with van der Waals surface area (Å²) in [7, 11) is 2.97. The molecule has 0 spiro atoms. The molecule has 0 rings (SSSR count). The fraction of sp³-hybridized carbons (Fsp3) is 0.900. The van der Waals surface area contributed by atoms with Gasteiger partial charge in [0.05, 0.1) is 0 Å². The number of methoxy groups -OCH3 is 1. The summed E-state index contributed by atoms with van der Waals surface area (Å²) in [5.41, 5.74) is 0. The Bertz CT molecular complexity index is 234. The van der Waals surface area contributed by atoms with E-state index in [4.69, 9.17) is 17.7 Å². The van der Waals surface area contributed by atoms with Crippen LogP contribution in [0, 0.1) is 0 Å². The summed E-state index contributed by atoms with van der Waals surface area (Å²) in [6.07, 6.45) is 1.57. The molecule has 19 heavy (non-hydrogen) atoms. The van der Waals surface area contributed by atoms with E-state index in [9.17, 15) is 4.79 Å². The van der Waals surface area contributed by atoms with Crippen LogP contribution in [0.4, 0.5) is 4.79 Å². The Morgan fingerprint density at radius 1 is 1.11 bits per heavy atom. The highest BCUT2D eigenvalue weighted by molar-refractivity contribution is 6.63. The van der Waals surface area contributed by atoms with Gasteiger partial charge in [0.25, 0.3) is 0 Å².